The molecule has 3 aromatic rings. The highest BCUT2D eigenvalue weighted by Crippen LogP contribution is 2.22. The lowest BCUT2D eigenvalue weighted by Crippen LogP contribution is -2.25. The van der Waals surface area contributed by atoms with Gasteiger partial charge in [0.25, 0.3) is 5.91 Å². The first-order chi connectivity index (χ1) is 10.8. The van der Waals surface area contributed by atoms with E-state index in [1.807, 2.05) is 42.5 Å². The highest BCUT2D eigenvalue weighted by Gasteiger charge is 2.11. The van der Waals surface area contributed by atoms with Crippen molar-refractivity contribution < 1.29 is 4.79 Å². The Labute approximate surface area is 129 Å². The predicted octanol–water partition coefficient (Wildman–Crippen LogP) is 2.86. The Kier molecular flexibility index (Phi) is 4.30. The van der Waals surface area contributed by atoms with Gasteiger partial charge in [0.05, 0.1) is 16.6 Å². The zero-order chi connectivity index (χ0) is 15.4. The summed E-state index contributed by atoms with van der Waals surface area (Å²) in [5, 5.41) is 5.00. The maximum absolute atomic E-state index is 12.4. The van der Waals surface area contributed by atoms with Crippen molar-refractivity contribution in [2.24, 2.45) is 5.73 Å². The lowest BCUT2D eigenvalue weighted by atomic mass is 10.1. The van der Waals surface area contributed by atoms with Gasteiger partial charge in [-0.2, -0.15) is 0 Å². The van der Waals surface area contributed by atoms with E-state index in [2.05, 4.69) is 16.4 Å². The van der Waals surface area contributed by atoms with Crippen molar-refractivity contribution in [1.29, 1.82) is 0 Å². The van der Waals surface area contributed by atoms with E-state index in [0.29, 0.717) is 18.7 Å². The molecule has 0 bridgehead atoms. The van der Waals surface area contributed by atoms with E-state index in [1.165, 1.54) is 0 Å². The summed E-state index contributed by atoms with van der Waals surface area (Å²) in [6, 6.07) is 15.7. The second kappa shape index (κ2) is 6.54. The molecule has 3 N–H and O–H groups in total. The summed E-state index contributed by atoms with van der Waals surface area (Å²) < 4.78 is 0. The van der Waals surface area contributed by atoms with Crippen LogP contribution in [0, 0.1) is 0 Å². The number of nitrogens with one attached hydrogen (secondary N) is 1. The van der Waals surface area contributed by atoms with Gasteiger partial charge in [0.2, 0.25) is 0 Å². The number of aromatic nitrogens is 1. The predicted molar refractivity (Wildman–Crippen MR) is 89.9 cm³/mol. The minimum atomic E-state index is -0.0783. The fraction of sp³-hybridized carbons (Fsp3) is 0.222. The van der Waals surface area contributed by atoms with Gasteiger partial charge >= 0.3 is 0 Å². The van der Waals surface area contributed by atoms with Crippen LogP contribution in [0.15, 0.2) is 48.5 Å². The van der Waals surface area contributed by atoms with Crippen LogP contribution in [-0.4, -0.2) is 24.0 Å². The van der Waals surface area contributed by atoms with E-state index >= 15 is 0 Å². The summed E-state index contributed by atoms with van der Waals surface area (Å²) in [4.78, 5) is 17.0. The molecule has 3 rings (SSSR count). The molecule has 0 aliphatic heterocycles. The first-order valence-corrected chi connectivity index (χ1v) is 7.56. The Morgan fingerprint density at radius 3 is 2.73 bits per heavy atom. The third-order valence-corrected chi connectivity index (χ3v) is 3.71. The van der Waals surface area contributed by atoms with Crippen LogP contribution in [0.5, 0.6) is 0 Å². The monoisotopic (exact) mass is 293 g/mol. The first-order valence-electron chi connectivity index (χ1n) is 7.56. The van der Waals surface area contributed by atoms with E-state index in [9.17, 15) is 4.79 Å². The number of hydrogen-bond acceptors (Lipinski definition) is 3. The molecule has 4 heteroatoms. The number of para-hydroxylation sites is 2. The molecule has 0 aliphatic carbocycles. The third-order valence-electron chi connectivity index (χ3n) is 3.71. The van der Waals surface area contributed by atoms with Crippen LogP contribution in [0.25, 0.3) is 21.8 Å². The van der Waals surface area contributed by atoms with Crippen LogP contribution in [0.2, 0.25) is 0 Å². The van der Waals surface area contributed by atoms with Crippen LogP contribution in [0.3, 0.4) is 0 Å². The maximum Gasteiger partial charge on any atom is 0.253 e. The lowest BCUT2D eigenvalue weighted by molar-refractivity contribution is 0.0954. The number of fused-ring (bicyclic) bond motifs is 2. The Bertz CT molecular complexity index is 814. The number of unbranched alkanes of at least 4 members (excludes halogenated alkanes) is 1. The van der Waals surface area contributed by atoms with E-state index in [-0.39, 0.29) is 5.91 Å². The smallest absolute Gasteiger partial charge is 0.253 e. The van der Waals surface area contributed by atoms with Crippen molar-refractivity contribution >= 4 is 27.7 Å². The summed E-state index contributed by atoms with van der Waals surface area (Å²) in [5.74, 6) is -0.0783. The number of nitrogens with two attached hydrogens (primary N) is 1. The number of benzene rings is 2. The minimum Gasteiger partial charge on any atom is -0.352 e. The van der Waals surface area contributed by atoms with Gasteiger partial charge in [0, 0.05) is 17.3 Å². The van der Waals surface area contributed by atoms with Gasteiger partial charge in [-0.25, -0.2) is 4.98 Å². The number of pyridine rings is 1. The topological polar surface area (TPSA) is 68.0 Å². The average Bonchev–Trinajstić information content (AvgIpc) is 2.56. The lowest BCUT2D eigenvalue weighted by Gasteiger charge is -2.08. The van der Waals surface area contributed by atoms with Crippen molar-refractivity contribution in [3.63, 3.8) is 0 Å². The Morgan fingerprint density at radius 1 is 1.05 bits per heavy atom. The molecule has 0 spiro atoms. The molecule has 1 amide bonds. The number of nitrogens with zero attached hydrogens (tertiary/aromatic N) is 1. The standard InChI is InChI=1S/C18H19N3O/c19-10-3-4-11-20-18(22)15-8-5-7-14-12-13-6-1-2-9-16(13)21-17(14)15/h1-2,5-9,12H,3-4,10-11,19H2,(H,20,22). The molecule has 0 unspecified atom stereocenters. The van der Waals surface area contributed by atoms with E-state index in [0.717, 1.165) is 34.6 Å². The van der Waals surface area contributed by atoms with Gasteiger partial charge in [-0.05, 0) is 37.6 Å². The van der Waals surface area contributed by atoms with Gasteiger partial charge in [-0.3, -0.25) is 4.79 Å². The van der Waals surface area contributed by atoms with Crippen LogP contribution in [0.1, 0.15) is 23.2 Å². The largest absolute Gasteiger partial charge is 0.352 e. The Balaban J connectivity index is 1.95. The summed E-state index contributed by atoms with van der Waals surface area (Å²) in [6.45, 7) is 1.29. The van der Waals surface area contributed by atoms with Crippen molar-refractivity contribution in [2.75, 3.05) is 13.1 Å². The molecule has 22 heavy (non-hydrogen) atoms. The van der Waals surface area contributed by atoms with Gasteiger partial charge < -0.3 is 11.1 Å². The summed E-state index contributed by atoms with van der Waals surface area (Å²) in [6.07, 6.45) is 1.81. The second-order valence-corrected chi connectivity index (χ2v) is 5.31. The molecular weight excluding hydrogens is 274 g/mol. The molecule has 2 aromatic carbocycles. The number of carbonyl (C=O) groups excluding carboxylic acids is 1. The van der Waals surface area contributed by atoms with Crippen molar-refractivity contribution in [2.45, 2.75) is 12.8 Å². The SMILES string of the molecule is NCCCCNC(=O)c1cccc2cc3ccccc3nc12. The Morgan fingerprint density at radius 2 is 1.86 bits per heavy atom. The van der Waals surface area contributed by atoms with E-state index in [1.54, 1.807) is 0 Å². The molecule has 0 aliphatic rings. The Hall–Kier alpha value is -2.46. The van der Waals surface area contributed by atoms with E-state index < -0.39 is 0 Å². The first kappa shape index (κ1) is 14.5. The summed E-state index contributed by atoms with van der Waals surface area (Å²) >= 11 is 0. The van der Waals surface area contributed by atoms with Crippen LogP contribution in [0.4, 0.5) is 0 Å². The molecule has 1 aromatic heterocycles. The molecule has 4 nitrogen and oxygen atoms in total. The molecule has 0 saturated carbocycles. The number of hydrogen-bond donors (Lipinski definition) is 2. The summed E-state index contributed by atoms with van der Waals surface area (Å²) in [7, 11) is 0. The average molecular weight is 293 g/mol. The molecule has 0 atom stereocenters. The highest BCUT2D eigenvalue weighted by molar-refractivity contribution is 6.07. The third kappa shape index (κ3) is 2.92. The quantitative estimate of drug-likeness (QED) is 0.561. The van der Waals surface area contributed by atoms with Gasteiger partial charge in [-0.1, -0.05) is 30.3 Å². The van der Waals surface area contributed by atoms with Gasteiger partial charge in [-0.15, -0.1) is 0 Å². The summed E-state index contributed by atoms with van der Waals surface area (Å²) in [5.41, 5.74) is 7.73. The zero-order valence-corrected chi connectivity index (χ0v) is 12.4. The van der Waals surface area contributed by atoms with Crippen LogP contribution < -0.4 is 11.1 Å². The molecule has 0 radical (unpaired) electrons. The van der Waals surface area contributed by atoms with E-state index in [4.69, 9.17) is 5.73 Å². The number of carbonyl (C=O) groups is 1. The maximum atomic E-state index is 12.4. The molecule has 1 heterocycles. The van der Waals surface area contributed by atoms with Crippen molar-refractivity contribution in [1.82, 2.24) is 10.3 Å². The van der Waals surface area contributed by atoms with Crippen molar-refractivity contribution in [3.8, 4) is 0 Å². The van der Waals surface area contributed by atoms with Crippen LogP contribution in [-0.2, 0) is 0 Å². The highest BCUT2D eigenvalue weighted by atomic mass is 16.1. The normalized spacial score (nSPS) is 11.0. The fourth-order valence-corrected chi connectivity index (χ4v) is 2.55. The number of rotatable bonds is 5. The molecular formula is C18H19N3O. The van der Waals surface area contributed by atoms with Crippen LogP contribution >= 0.6 is 0 Å². The van der Waals surface area contributed by atoms with Gasteiger partial charge in [0.1, 0.15) is 0 Å². The van der Waals surface area contributed by atoms with Crippen molar-refractivity contribution in [3.05, 3.63) is 54.1 Å². The second-order valence-electron chi connectivity index (χ2n) is 5.31. The molecule has 0 fully saturated rings. The molecule has 0 saturated heterocycles. The minimum absolute atomic E-state index is 0.0783. The fourth-order valence-electron chi connectivity index (χ4n) is 2.55. The number of amides is 1. The molecule has 112 valence electrons. The van der Waals surface area contributed by atoms with Gasteiger partial charge in [0.15, 0.2) is 0 Å². The zero-order valence-electron chi connectivity index (χ0n) is 12.4.